The molecule has 3 aliphatic heterocycles. The number of carbonyl (C=O) groups is 6. The number of ether oxygens (including phenoxy) is 4. The van der Waals surface area contributed by atoms with Crippen molar-refractivity contribution in [3.05, 3.63) is 144 Å². The first kappa shape index (κ1) is 64.1. The molecule has 0 aliphatic carbocycles. The molecular weight excluding hydrogens is 1070 g/mol. The number of aromatic nitrogens is 3. The van der Waals surface area contributed by atoms with Crippen molar-refractivity contribution in [1.29, 1.82) is 0 Å². The Balaban J connectivity index is 0.000000223. The Bertz CT molecular complexity index is 3420. The fraction of sp³-hybridized carbons (Fsp3) is 0.288. The van der Waals surface area contributed by atoms with Crippen LogP contribution >= 0.6 is 0 Å². The largest absolute Gasteiger partial charge is 1.00 e. The molecule has 0 fully saturated rings. The SMILES string of the molecule is CC(C)(C)OC(=O)C1=NCC(c2cccc(-c3ncc(C(=O)O)o3)c2)=C1.CC(C)(C)OC(=O)C1=NCC(c2cccc(-c3ncc(C(=O)O)o3)c2)=C1.CCOC(=O)c1cnc(-c2cccc(C3=CC(C(=O)OC(C)(C)C)=NC3)c2)o1.[Na+].[OH-]. The van der Waals surface area contributed by atoms with Gasteiger partial charge < -0.3 is 47.9 Å². The summed E-state index contributed by atoms with van der Waals surface area (Å²) in [6.07, 6.45) is 8.81. The summed E-state index contributed by atoms with van der Waals surface area (Å²) in [5.41, 5.74) is 6.31. The van der Waals surface area contributed by atoms with Gasteiger partial charge in [0.1, 0.15) is 33.9 Å². The predicted octanol–water partition coefficient (Wildman–Crippen LogP) is 6.96. The molecule has 3 aromatic heterocycles. The third-order valence-electron chi connectivity index (χ3n) is 10.9. The molecule has 0 radical (unpaired) electrons. The molecule has 82 heavy (non-hydrogen) atoms. The maximum atomic E-state index is 12.2. The minimum absolute atomic E-state index is 0. The fourth-order valence-corrected chi connectivity index (χ4v) is 7.44. The number of hydrogen-bond donors (Lipinski definition) is 2. The number of rotatable bonds is 13. The number of benzene rings is 3. The van der Waals surface area contributed by atoms with Crippen LogP contribution < -0.4 is 29.6 Å². The van der Waals surface area contributed by atoms with Crippen molar-refractivity contribution in [1.82, 2.24) is 15.0 Å². The number of hydrogen-bond acceptors (Lipinski definition) is 20. The zero-order valence-corrected chi connectivity index (χ0v) is 49.1. The van der Waals surface area contributed by atoms with Crippen LogP contribution in [0.5, 0.6) is 0 Å². The van der Waals surface area contributed by atoms with Crippen molar-refractivity contribution in [2.75, 3.05) is 26.2 Å². The first-order valence-electron chi connectivity index (χ1n) is 25.0. The molecule has 0 atom stereocenters. The molecule has 6 aromatic rings. The Hall–Kier alpha value is -8.70. The van der Waals surface area contributed by atoms with Gasteiger partial charge in [-0.15, -0.1) is 0 Å². The normalized spacial score (nSPS) is 13.5. The van der Waals surface area contributed by atoms with Gasteiger partial charge in [0.15, 0.2) is 0 Å². The van der Waals surface area contributed by atoms with E-state index in [0.29, 0.717) is 47.9 Å². The second-order valence-corrected chi connectivity index (χ2v) is 20.8. The van der Waals surface area contributed by atoms with E-state index in [-0.39, 0.29) is 82.1 Å². The van der Waals surface area contributed by atoms with E-state index in [2.05, 4.69) is 29.9 Å². The monoisotopic (exact) mass is 1130 g/mol. The van der Waals surface area contributed by atoms with Crippen molar-refractivity contribution in [2.45, 2.75) is 86.0 Å². The van der Waals surface area contributed by atoms with E-state index in [0.717, 1.165) is 33.4 Å². The van der Waals surface area contributed by atoms with Crippen molar-refractivity contribution in [3.8, 4) is 34.4 Å². The second kappa shape index (κ2) is 27.2. The molecule has 23 heteroatoms. The van der Waals surface area contributed by atoms with Crippen LogP contribution in [0.4, 0.5) is 0 Å². The van der Waals surface area contributed by atoms with E-state index in [1.165, 1.54) is 18.6 Å². The summed E-state index contributed by atoms with van der Waals surface area (Å²) < 4.78 is 36.9. The van der Waals surface area contributed by atoms with Gasteiger partial charge in [0.05, 0.1) is 44.8 Å². The van der Waals surface area contributed by atoms with Gasteiger partial charge in [-0.1, -0.05) is 36.4 Å². The maximum absolute atomic E-state index is 12.2. The average molecular weight is 1130 g/mol. The van der Waals surface area contributed by atoms with E-state index >= 15 is 0 Å². The summed E-state index contributed by atoms with van der Waals surface area (Å²) in [4.78, 5) is 94.9. The Labute approximate surface area is 493 Å². The van der Waals surface area contributed by atoms with Crippen molar-refractivity contribution >= 4 is 69.7 Å². The quantitative estimate of drug-likeness (QED) is 0.0670. The Kier molecular flexibility index (Phi) is 21.3. The number of carbonyl (C=O) groups excluding carboxylic acids is 4. The summed E-state index contributed by atoms with van der Waals surface area (Å²) in [5, 5.41) is 17.9. The van der Waals surface area contributed by atoms with Crippen molar-refractivity contribution < 1.29 is 106 Å². The number of oxazole rings is 3. The van der Waals surface area contributed by atoms with Crippen LogP contribution in [0.1, 0.15) is 118 Å². The first-order chi connectivity index (χ1) is 37.7. The number of carboxylic acids is 2. The standard InChI is InChI=1S/C21H22N2O5.2C19H18N2O5.Na.H2O/c1-5-26-20(25)17-12-23-18(27-17)14-8-6-7-13(9-14)15-10-16(22-11-15)19(24)28-21(2,3)4;2*1-19(2,3)26-18(24)14-8-13(9-20-14)11-5-4-6-12(7-11)16-21-10-15(25-16)17(22)23;;/h6-10,12H,5,11H2,1-4H3;2*4-8,10H,9H2,1-3H3,(H,22,23);;1H2/q;;;+1;/p-1. The van der Waals surface area contributed by atoms with Gasteiger partial charge in [-0.2, -0.15) is 0 Å². The van der Waals surface area contributed by atoms with Gasteiger partial charge in [0.2, 0.25) is 35.0 Å². The molecule has 3 aromatic carbocycles. The summed E-state index contributed by atoms with van der Waals surface area (Å²) >= 11 is 0. The molecule has 0 saturated carbocycles. The predicted molar refractivity (Wildman–Crippen MR) is 296 cm³/mol. The molecule has 0 spiro atoms. The fourth-order valence-electron chi connectivity index (χ4n) is 7.44. The number of esters is 4. The third-order valence-corrected chi connectivity index (χ3v) is 10.9. The zero-order chi connectivity index (χ0) is 58.1. The molecule has 3 aliphatic rings. The van der Waals surface area contributed by atoms with Gasteiger partial charge in [0, 0.05) is 16.7 Å². The van der Waals surface area contributed by atoms with Gasteiger partial charge >= 0.3 is 65.4 Å². The second-order valence-electron chi connectivity index (χ2n) is 20.8. The first-order valence-corrected chi connectivity index (χ1v) is 25.0. The Morgan fingerprint density at radius 3 is 1.01 bits per heavy atom. The summed E-state index contributed by atoms with van der Waals surface area (Å²) in [7, 11) is 0. The molecule has 22 nitrogen and oxygen atoms in total. The molecule has 6 heterocycles. The van der Waals surface area contributed by atoms with E-state index in [9.17, 15) is 28.8 Å². The number of nitrogens with zero attached hydrogens (tertiary/aromatic N) is 6. The van der Waals surface area contributed by atoms with Crippen LogP contribution in [0.3, 0.4) is 0 Å². The maximum Gasteiger partial charge on any atom is 1.00 e. The average Bonchev–Trinajstić information content (AvgIpc) is 4.31. The summed E-state index contributed by atoms with van der Waals surface area (Å²) in [5.74, 6) is -3.88. The molecule has 0 unspecified atom stereocenters. The molecule has 3 N–H and O–H groups in total. The van der Waals surface area contributed by atoms with E-state index in [1.807, 2.05) is 81.4 Å². The topological polar surface area (TPSA) is 325 Å². The Morgan fingerprint density at radius 2 is 0.744 bits per heavy atom. The molecule has 422 valence electrons. The number of carboxylic acid groups (broad SMARTS) is 2. The van der Waals surface area contributed by atoms with Crippen LogP contribution in [-0.2, 0) is 33.3 Å². The molecule has 0 bridgehead atoms. The van der Waals surface area contributed by atoms with Crippen LogP contribution in [-0.4, -0.2) is 127 Å². The summed E-state index contributed by atoms with van der Waals surface area (Å²) in [6.45, 7) is 19.4. The van der Waals surface area contributed by atoms with E-state index in [4.69, 9.17) is 42.4 Å². The molecule has 0 saturated heterocycles. The van der Waals surface area contributed by atoms with Crippen LogP contribution in [0.2, 0.25) is 0 Å². The van der Waals surface area contributed by atoms with Gasteiger partial charge in [0.25, 0.3) is 0 Å². The van der Waals surface area contributed by atoms with Gasteiger partial charge in [-0.3, -0.25) is 15.0 Å². The summed E-state index contributed by atoms with van der Waals surface area (Å²) in [6, 6.07) is 22.0. The number of aliphatic imine (C=N–C) groups is 3. The zero-order valence-electron chi connectivity index (χ0n) is 47.1. The minimum Gasteiger partial charge on any atom is -0.870 e. The van der Waals surface area contributed by atoms with Gasteiger partial charge in [-0.25, -0.2) is 43.7 Å². The van der Waals surface area contributed by atoms with Crippen molar-refractivity contribution in [3.63, 3.8) is 0 Å². The molecule has 9 rings (SSSR count). The van der Waals surface area contributed by atoms with Crippen LogP contribution in [0.25, 0.3) is 51.1 Å². The molecule has 0 amide bonds. The molecular formula is C59H59N6NaO16. The minimum atomic E-state index is -1.17. The smallest absolute Gasteiger partial charge is 0.870 e. The number of aromatic carboxylic acids is 2. The van der Waals surface area contributed by atoms with Crippen LogP contribution in [0.15, 0.2) is 138 Å². The third kappa shape index (κ3) is 17.6. The van der Waals surface area contributed by atoms with Crippen LogP contribution in [0, 0.1) is 0 Å². The van der Waals surface area contributed by atoms with E-state index < -0.39 is 52.6 Å². The van der Waals surface area contributed by atoms with Crippen molar-refractivity contribution in [2.24, 2.45) is 15.0 Å². The van der Waals surface area contributed by atoms with Gasteiger partial charge in [-0.05, 0) is 157 Å². The Morgan fingerprint density at radius 1 is 0.463 bits per heavy atom. The van der Waals surface area contributed by atoms with E-state index in [1.54, 1.807) is 78.8 Å².